The van der Waals surface area contributed by atoms with Gasteiger partial charge in [-0.3, -0.25) is 28.7 Å². The number of hydrogen-bond donors (Lipinski definition) is 5. The summed E-state index contributed by atoms with van der Waals surface area (Å²) < 4.78 is 115. The van der Waals surface area contributed by atoms with Crippen molar-refractivity contribution < 1.29 is 88.9 Å². The predicted molar refractivity (Wildman–Crippen MR) is 223 cm³/mol. The first-order valence-electron chi connectivity index (χ1n) is 20.1. The summed E-state index contributed by atoms with van der Waals surface area (Å²) in [7, 11) is -1.02. The quantitative estimate of drug-likeness (QED) is 0.0482. The molecule has 2 saturated heterocycles. The number of carbonyl (C=O) groups excluding carboxylic acids is 3. The summed E-state index contributed by atoms with van der Waals surface area (Å²) >= 11 is 0. The minimum Gasteiger partial charge on any atom is -0.456 e. The zero-order valence-corrected chi connectivity index (χ0v) is 37.9. The van der Waals surface area contributed by atoms with E-state index < -0.39 is 118 Å². The molecule has 1 amide bonds. The van der Waals surface area contributed by atoms with E-state index in [0.29, 0.717) is 0 Å². The number of rotatable bonds is 15. The number of aliphatic imine (C=N–C) groups is 1. The van der Waals surface area contributed by atoms with Crippen LogP contribution in [0.1, 0.15) is 49.3 Å². The van der Waals surface area contributed by atoms with E-state index >= 15 is 0 Å². The molecule has 1 aromatic heterocycles. The number of aliphatic hydroxyl groups is 3. The first kappa shape index (κ1) is 55.8. The second-order valence-corrected chi connectivity index (χ2v) is 19.9. The lowest BCUT2D eigenvalue weighted by Crippen LogP contribution is -2.62. The van der Waals surface area contributed by atoms with E-state index in [1.165, 1.54) is 5.32 Å². The standard InChI is InChI=1S/C27H36F6N4O13Si.C13H12O.CH4O/c1-12(38)47-20-16(7-34-24(42)26(28,29)30)50-23(19(21(20)48-13(2)39)35-11-45-27(31,32)33)44-9-14-8-37(25(43)36-22(14)41)18-6-15(40)17(49-18)10-46-51(3,4)5;14-13(11-7-3-1-4-8-11)12-9-5-2-6-10-12;1-2/h8,11,15-21,23,40H,6-7,9-10H2,1-5H3,(H,34,42)(H,36,41,43);1-10,13-14H;2H,1H3/t15-,16-,17-,18-,19-,20-,21-,23-;;/m1../s1. The molecule has 2 aromatic carbocycles. The Kier molecular flexibility index (Phi) is 20.9. The third-order valence-electron chi connectivity index (χ3n) is 9.23. The van der Waals surface area contributed by atoms with Crippen LogP contribution in [0.4, 0.5) is 26.3 Å². The number of benzene rings is 2. The van der Waals surface area contributed by atoms with Gasteiger partial charge in [-0.05, 0) is 30.8 Å². The molecule has 0 unspecified atom stereocenters. The first-order chi connectivity index (χ1) is 31.3. The Morgan fingerprint density at radius 1 is 0.910 bits per heavy atom. The summed E-state index contributed by atoms with van der Waals surface area (Å²) in [5.74, 6) is -4.68. The molecule has 0 spiro atoms. The molecule has 372 valence electrons. The predicted octanol–water partition coefficient (Wildman–Crippen LogP) is 3.13. The highest BCUT2D eigenvalue weighted by atomic mass is 28.4. The molecule has 3 heterocycles. The van der Waals surface area contributed by atoms with Crippen molar-refractivity contribution in [3.8, 4) is 0 Å². The molecule has 0 radical (unpaired) electrons. The van der Waals surface area contributed by atoms with Gasteiger partial charge in [-0.2, -0.15) is 13.2 Å². The van der Waals surface area contributed by atoms with E-state index in [1.54, 1.807) is 0 Å². The molecule has 2 fully saturated rings. The van der Waals surface area contributed by atoms with Gasteiger partial charge in [-0.15, -0.1) is 13.2 Å². The fourth-order valence-corrected chi connectivity index (χ4v) is 6.98. The lowest BCUT2D eigenvalue weighted by molar-refractivity contribution is -0.282. The maximum absolute atomic E-state index is 12.9. The number of hydrogen-bond acceptors (Lipinski definition) is 16. The van der Waals surface area contributed by atoms with Crippen LogP contribution in [0.25, 0.3) is 0 Å². The Balaban J connectivity index is 0.000000623. The number of H-pyrrole nitrogens is 1. The number of esters is 2. The molecular formula is C41H52F6N4O15Si. The van der Waals surface area contributed by atoms with E-state index in [0.717, 1.165) is 42.8 Å². The molecule has 8 atom stereocenters. The molecule has 2 aliphatic rings. The third kappa shape index (κ3) is 17.9. The van der Waals surface area contributed by atoms with E-state index in [9.17, 15) is 60.5 Å². The molecule has 2 aliphatic heterocycles. The first-order valence-corrected chi connectivity index (χ1v) is 23.5. The van der Waals surface area contributed by atoms with Gasteiger partial charge >= 0.3 is 36.1 Å². The van der Waals surface area contributed by atoms with Gasteiger partial charge in [0.2, 0.25) is 0 Å². The monoisotopic (exact) mass is 982 g/mol. The molecule has 5 rings (SSSR count). The van der Waals surface area contributed by atoms with E-state index in [2.05, 4.69) is 9.73 Å². The molecule has 19 nitrogen and oxygen atoms in total. The number of halogens is 6. The second-order valence-electron chi connectivity index (χ2n) is 15.4. The summed E-state index contributed by atoms with van der Waals surface area (Å²) in [6.07, 6.45) is -21.0. The number of aromatic nitrogens is 2. The van der Waals surface area contributed by atoms with Gasteiger partial charge in [0.1, 0.15) is 30.6 Å². The number of amides is 1. The van der Waals surface area contributed by atoms with Crippen molar-refractivity contribution >= 4 is 32.6 Å². The van der Waals surface area contributed by atoms with Gasteiger partial charge in [0.15, 0.2) is 33.2 Å². The van der Waals surface area contributed by atoms with Crippen LogP contribution in [0.3, 0.4) is 0 Å². The summed E-state index contributed by atoms with van der Waals surface area (Å²) in [5.41, 5.74) is -0.446. The summed E-state index contributed by atoms with van der Waals surface area (Å²) in [6, 6.07) is 17.4. The Morgan fingerprint density at radius 3 is 1.97 bits per heavy atom. The number of alkyl halides is 6. The normalized spacial score (nSPS) is 23.0. The molecule has 67 heavy (non-hydrogen) atoms. The second kappa shape index (κ2) is 25.0. The molecule has 0 bridgehead atoms. The molecule has 26 heteroatoms. The van der Waals surface area contributed by atoms with Crippen molar-refractivity contribution in [3.05, 3.63) is 104 Å². The lowest BCUT2D eigenvalue weighted by Gasteiger charge is -2.43. The molecule has 0 aliphatic carbocycles. The number of aliphatic hydroxyl groups excluding tert-OH is 3. The van der Waals surface area contributed by atoms with Crippen LogP contribution < -0.4 is 16.6 Å². The Labute approximate surface area is 379 Å². The van der Waals surface area contributed by atoms with Gasteiger partial charge in [0.25, 0.3) is 5.56 Å². The van der Waals surface area contributed by atoms with Crippen LogP contribution in [-0.4, -0.2) is 133 Å². The van der Waals surface area contributed by atoms with Crippen LogP contribution in [0.15, 0.2) is 81.4 Å². The molecular weight excluding hydrogens is 931 g/mol. The van der Waals surface area contributed by atoms with E-state index in [4.69, 9.17) is 33.2 Å². The average molecular weight is 983 g/mol. The lowest BCUT2D eigenvalue weighted by atomic mass is 9.96. The molecule has 0 saturated carbocycles. The average Bonchev–Trinajstić information content (AvgIpc) is 3.62. The largest absolute Gasteiger partial charge is 0.573 e. The number of nitrogens with zero attached hydrogens (tertiary/aromatic N) is 2. The topological polar surface area (TPSA) is 256 Å². The van der Waals surface area contributed by atoms with Gasteiger partial charge in [-0.1, -0.05) is 60.7 Å². The maximum atomic E-state index is 12.9. The summed E-state index contributed by atoms with van der Waals surface area (Å²) in [5, 5.41) is 29.0. The third-order valence-corrected chi connectivity index (χ3v) is 10.3. The highest BCUT2D eigenvalue weighted by molar-refractivity contribution is 6.69. The van der Waals surface area contributed by atoms with Gasteiger partial charge in [-0.25, -0.2) is 9.79 Å². The summed E-state index contributed by atoms with van der Waals surface area (Å²) in [6.45, 7) is 5.52. The Bertz CT molecular complexity index is 2150. The molecule has 3 aromatic rings. The van der Waals surface area contributed by atoms with Crippen molar-refractivity contribution in [1.29, 1.82) is 0 Å². The zero-order valence-electron chi connectivity index (χ0n) is 36.9. The highest BCUT2D eigenvalue weighted by Gasteiger charge is 2.51. The van der Waals surface area contributed by atoms with Crippen molar-refractivity contribution in [2.24, 2.45) is 4.99 Å². The SMILES string of the molecule is CC(=O)O[C@@H]1[C@@H](N=COC(F)(F)F)[C@H](OCc2cn([C@H]3C[C@@H](O)[C@@H](CO[Si](C)(C)C)O3)c(=O)[nH]c2=O)O[C@H](CNC(=O)C(F)(F)F)[C@H]1OC(C)=O.CO.OC(c1ccccc1)c1ccccc1. The molecule has 5 N–H and O–H groups in total. The van der Waals surface area contributed by atoms with Crippen molar-refractivity contribution in [2.75, 3.05) is 20.3 Å². The van der Waals surface area contributed by atoms with Crippen LogP contribution in [0, 0.1) is 0 Å². The minimum atomic E-state index is -5.37. The highest BCUT2D eigenvalue weighted by Crippen LogP contribution is 2.32. The number of carbonyl (C=O) groups is 3. The zero-order chi connectivity index (χ0) is 50.3. The van der Waals surface area contributed by atoms with Crippen LogP contribution in [0.2, 0.25) is 19.6 Å². The van der Waals surface area contributed by atoms with Crippen LogP contribution >= 0.6 is 0 Å². The number of nitrogens with one attached hydrogen (secondary N) is 2. The fourth-order valence-electron chi connectivity index (χ4n) is 6.31. The maximum Gasteiger partial charge on any atom is 0.573 e. The fraction of sp³-hybridized carbons (Fsp3) is 0.512. The smallest absolute Gasteiger partial charge is 0.456 e. The Morgan fingerprint density at radius 2 is 1.46 bits per heavy atom. The van der Waals surface area contributed by atoms with Crippen molar-refractivity contribution in [3.63, 3.8) is 0 Å². The number of aromatic amines is 1. The number of ether oxygens (including phenoxy) is 6. The van der Waals surface area contributed by atoms with Gasteiger partial charge in [0, 0.05) is 40.1 Å². The van der Waals surface area contributed by atoms with Gasteiger partial charge < -0.3 is 53.5 Å². The van der Waals surface area contributed by atoms with E-state index in [-0.39, 0.29) is 25.0 Å². The minimum absolute atomic E-state index is 0.0167. The van der Waals surface area contributed by atoms with Crippen molar-refractivity contribution in [1.82, 2.24) is 14.9 Å². The Hall–Kier alpha value is -5.48. The van der Waals surface area contributed by atoms with Crippen molar-refractivity contribution in [2.45, 2.75) is 114 Å². The summed E-state index contributed by atoms with van der Waals surface area (Å²) in [4.78, 5) is 66.6. The van der Waals surface area contributed by atoms with Crippen LogP contribution in [0.5, 0.6) is 0 Å². The van der Waals surface area contributed by atoms with E-state index in [1.807, 2.05) is 85.3 Å². The van der Waals surface area contributed by atoms with Crippen LogP contribution in [-0.2, 0) is 53.8 Å². The van der Waals surface area contributed by atoms with Gasteiger partial charge in [0.05, 0.1) is 24.9 Å².